The Morgan fingerprint density at radius 2 is 1.80 bits per heavy atom. The summed E-state index contributed by atoms with van der Waals surface area (Å²) in [5.74, 6) is -0.250. The van der Waals surface area contributed by atoms with Gasteiger partial charge in [-0.25, -0.2) is 4.39 Å². The van der Waals surface area contributed by atoms with Crippen molar-refractivity contribution in [1.82, 2.24) is 4.98 Å². The second-order valence-electron chi connectivity index (χ2n) is 4.90. The molecule has 20 heavy (non-hydrogen) atoms. The number of rotatable bonds is 2. The maximum absolute atomic E-state index is 13.9. The van der Waals surface area contributed by atoms with Crippen LogP contribution in [0.1, 0.15) is 0 Å². The minimum atomic E-state index is -0.250. The molecule has 4 nitrogen and oxygen atoms in total. The van der Waals surface area contributed by atoms with Gasteiger partial charge in [-0.05, 0) is 30.3 Å². The van der Waals surface area contributed by atoms with Gasteiger partial charge in [-0.15, -0.1) is 0 Å². The summed E-state index contributed by atoms with van der Waals surface area (Å²) in [7, 11) is 0. The summed E-state index contributed by atoms with van der Waals surface area (Å²) in [6.07, 6.45) is 3.63. The van der Waals surface area contributed by atoms with E-state index < -0.39 is 0 Å². The van der Waals surface area contributed by atoms with Gasteiger partial charge in [0.1, 0.15) is 5.82 Å². The van der Waals surface area contributed by atoms with E-state index in [1.807, 2.05) is 18.3 Å². The number of nitrogens with two attached hydrogens (primary N) is 1. The van der Waals surface area contributed by atoms with Gasteiger partial charge in [0.2, 0.25) is 0 Å². The second kappa shape index (κ2) is 5.36. The molecule has 1 aliphatic heterocycles. The molecule has 0 spiro atoms. The van der Waals surface area contributed by atoms with Crippen LogP contribution in [0.2, 0.25) is 0 Å². The highest BCUT2D eigenvalue weighted by atomic mass is 19.1. The molecule has 0 amide bonds. The quantitative estimate of drug-likeness (QED) is 0.851. The van der Waals surface area contributed by atoms with E-state index in [4.69, 9.17) is 5.73 Å². The number of benzene rings is 1. The normalized spacial score (nSPS) is 15.4. The van der Waals surface area contributed by atoms with Crippen LogP contribution in [-0.4, -0.2) is 31.2 Å². The molecule has 0 bridgehead atoms. The number of aromatic nitrogens is 1. The minimum absolute atomic E-state index is 0.250. The highest BCUT2D eigenvalue weighted by Crippen LogP contribution is 2.24. The van der Waals surface area contributed by atoms with Gasteiger partial charge < -0.3 is 15.5 Å². The van der Waals surface area contributed by atoms with Crippen molar-refractivity contribution >= 4 is 17.1 Å². The Morgan fingerprint density at radius 3 is 2.45 bits per heavy atom. The van der Waals surface area contributed by atoms with Gasteiger partial charge in [0.25, 0.3) is 0 Å². The molecule has 1 saturated heterocycles. The lowest BCUT2D eigenvalue weighted by atomic mass is 10.2. The van der Waals surface area contributed by atoms with E-state index in [9.17, 15) is 4.39 Å². The van der Waals surface area contributed by atoms with Crippen LogP contribution in [0.15, 0.2) is 42.7 Å². The first-order valence-electron chi connectivity index (χ1n) is 6.69. The summed E-state index contributed by atoms with van der Waals surface area (Å²) < 4.78 is 13.9. The molecule has 0 unspecified atom stereocenters. The maximum Gasteiger partial charge on any atom is 0.148 e. The van der Waals surface area contributed by atoms with E-state index in [0.717, 1.165) is 31.9 Å². The Kier molecular flexibility index (Phi) is 3.41. The van der Waals surface area contributed by atoms with Crippen LogP contribution in [0.25, 0.3) is 0 Å². The monoisotopic (exact) mass is 272 g/mol. The highest BCUT2D eigenvalue weighted by Gasteiger charge is 2.19. The first-order valence-corrected chi connectivity index (χ1v) is 6.69. The minimum Gasteiger partial charge on any atom is -0.399 e. The summed E-state index contributed by atoms with van der Waals surface area (Å²) in [5, 5.41) is 0. The van der Waals surface area contributed by atoms with Crippen LogP contribution in [0, 0.1) is 5.82 Å². The molecule has 0 radical (unpaired) electrons. The second-order valence-corrected chi connectivity index (χ2v) is 4.90. The van der Waals surface area contributed by atoms with Gasteiger partial charge in [-0.2, -0.15) is 0 Å². The van der Waals surface area contributed by atoms with Crippen molar-refractivity contribution in [3.63, 3.8) is 0 Å². The number of anilines is 3. The summed E-state index contributed by atoms with van der Waals surface area (Å²) in [6.45, 7) is 3.29. The van der Waals surface area contributed by atoms with Crippen LogP contribution >= 0.6 is 0 Å². The molecule has 5 heteroatoms. The van der Waals surface area contributed by atoms with Gasteiger partial charge in [-0.1, -0.05) is 0 Å². The van der Waals surface area contributed by atoms with Crippen molar-refractivity contribution in [3.8, 4) is 0 Å². The Bertz CT molecular complexity index is 580. The molecule has 2 heterocycles. The molecule has 104 valence electrons. The zero-order chi connectivity index (χ0) is 13.9. The van der Waals surface area contributed by atoms with Gasteiger partial charge in [0, 0.05) is 38.1 Å². The fourth-order valence-electron chi connectivity index (χ4n) is 2.53. The zero-order valence-corrected chi connectivity index (χ0v) is 11.2. The lowest BCUT2D eigenvalue weighted by molar-refractivity contribution is 0.598. The number of pyridine rings is 1. The standard InChI is InChI=1S/C15H17FN4/c16-14-10-12(17)3-4-15(14)20-8-6-19(7-9-20)13-2-1-5-18-11-13/h1-5,10-11H,6-9,17H2. The van der Waals surface area contributed by atoms with Gasteiger partial charge in [0.05, 0.1) is 17.6 Å². The van der Waals surface area contributed by atoms with E-state index in [0.29, 0.717) is 11.4 Å². The molecule has 1 aromatic heterocycles. The average Bonchev–Trinajstić information content (AvgIpc) is 2.48. The van der Waals surface area contributed by atoms with Gasteiger partial charge in [0.15, 0.2) is 0 Å². The van der Waals surface area contributed by atoms with Crippen molar-refractivity contribution in [3.05, 3.63) is 48.5 Å². The SMILES string of the molecule is Nc1ccc(N2CCN(c3cccnc3)CC2)c(F)c1. The molecule has 0 saturated carbocycles. The largest absolute Gasteiger partial charge is 0.399 e. The van der Waals surface area contributed by atoms with Crippen LogP contribution in [0.4, 0.5) is 21.5 Å². The molecule has 1 aromatic carbocycles. The molecule has 3 rings (SSSR count). The van der Waals surface area contributed by atoms with Crippen molar-refractivity contribution in [2.75, 3.05) is 41.7 Å². The molecular weight excluding hydrogens is 255 g/mol. The van der Waals surface area contributed by atoms with Crippen LogP contribution in [-0.2, 0) is 0 Å². The van der Waals surface area contributed by atoms with E-state index in [1.165, 1.54) is 6.07 Å². The Labute approximate surface area is 117 Å². The highest BCUT2D eigenvalue weighted by molar-refractivity contribution is 5.56. The van der Waals surface area contributed by atoms with E-state index in [2.05, 4.69) is 14.8 Å². The first-order chi connectivity index (χ1) is 9.74. The topological polar surface area (TPSA) is 45.4 Å². The molecule has 2 N–H and O–H groups in total. The molecule has 0 atom stereocenters. The summed E-state index contributed by atoms with van der Waals surface area (Å²) >= 11 is 0. The van der Waals surface area contributed by atoms with Crippen LogP contribution in [0.5, 0.6) is 0 Å². The number of nitrogen functional groups attached to an aromatic ring is 1. The average molecular weight is 272 g/mol. The Hall–Kier alpha value is -2.30. The van der Waals surface area contributed by atoms with Crippen molar-refractivity contribution in [2.24, 2.45) is 0 Å². The summed E-state index contributed by atoms with van der Waals surface area (Å²) in [4.78, 5) is 8.45. The number of hydrogen-bond donors (Lipinski definition) is 1. The maximum atomic E-state index is 13.9. The van der Waals surface area contributed by atoms with Crippen LogP contribution in [0.3, 0.4) is 0 Å². The summed E-state index contributed by atoms with van der Waals surface area (Å²) in [5.41, 5.74) is 7.79. The van der Waals surface area contributed by atoms with Crippen molar-refractivity contribution in [2.45, 2.75) is 0 Å². The number of hydrogen-bond acceptors (Lipinski definition) is 4. The lowest BCUT2D eigenvalue weighted by Crippen LogP contribution is -2.46. The van der Waals surface area contributed by atoms with Crippen molar-refractivity contribution in [1.29, 1.82) is 0 Å². The fourth-order valence-corrected chi connectivity index (χ4v) is 2.53. The lowest BCUT2D eigenvalue weighted by Gasteiger charge is -2.37. The van der Waals surface area contributed by atoms with E-state index in [1.54, 1.807) is 18.3 Å². The fraction of sp³-hybridized carbons (Fsp3) is 0.267. The smallest absolute Gasteiger partial charge is 0.148 e. The number of piperazine rings is 1. The molecule has 1 fully saturated rings. The van der Waals surface area contributed by atoms with Crippen molar-refractivity contribution < 1.29 is 4.39 Å². The third kappa shape index (κ3) is 2.52. The molecule has 0 aliphatic carbocycles. The number of halogens is 1. The number of nitrogens with zero attached hydrogens (tertiary/aromatic N) is 3. The molecular formula is C15H17FN4. The van der Waals surface area contributed by atoms with Crippen LogP contribution < -0.4 is 15.5 Å². The van der Waals surface area contributed by atoms with Gasteiger partial charge in [-0.3, -0.25) is 4.98 Å². The predicted molar refractivity (Wildman–Crippen MR) is 79.5 cm³/mol. The van der Waals surface area contributed by atoms with E-state index in [-0.39, 0.29) is 5.82 Å². The molecule has 1 aliphatic rings. The molecule has 2 aromatic rings. The summed E-state index contributed by atoms with van der Waals surface area (Å²) in [6, 6.07) is 8.85. The first kappa shape index (κ1) is 12.7. The van der Waals surface area contributed by atoms with Gasteiger partial charge >= 0.3 is 0 Å². The third-order valence-corrected chi connectivity index (χ3v) is 3.60. The predicted octanol–water partition coefficient (Wildman–Crippen LogP) is 2.13. The van der Waals surface area contributed by atoms with E-state index >= 15 is 0 Å². The third-order valence-electron chi connectivity index (χ3n) is 3.60. The zero-order valence-electron chi connectivity index (χ0n) is 11.2. The Balaban J connectivity index is 1.69. The Morgan fingerprint density at radius 1 is 1.05 bits per heavy atom.